The highest BCUT2D eigenvalue weighted by molar-refractivity contribution is 5.69. The van der Waals surface area contributed by atoms with Crippen LogP contribution in [0.3, 0.4) is 0 Å². The lowest BCUT2D eigenvalue weighted by molar-refractivity contribution is -0.136. The van der Waals surface area contributed by atoms with E-state index in [1.54, 1.807) is 12.0 Å². The normalized spacial score (nSPS) is 21.6. The summed E-state index contributed by atoms with van der Waals surface area (Å²) in [7, 11) is 1.75. The fourth-order valence-electron chi connectivity index (χ4n) is 2.55. The monoisotopic (exact) mass is 257 g/mol. The fraction of sp³-hybridized carbons (Fsp3) is 0.929. The molecule has 0 bridgehead atoms. The molecule has 0 aromatic heterocycles. The SMILES string of the molecule is CC.COC1CC2(C1)CN(C(=O)OC(C)(C)C)C2. The molecule has 1 amide bonds. The summed E-state index contributed by atoms with van der Waals surface area (Å²) in [5.41, 5.74) is -0.0495. The van der Waals surface area contributed by atoms with Gasteiger partial charge in [0, 0.05) is 25.6 Å². The van der Waals surface area contributed by atoms with Gasteiger partial charge >= 0.3 is 6.09 Å². The molecule has 4 nitrogen and oxygen atoms in total. The molecule has 1 heterocycles. The molecule has 106 valence electrons. The van der Waals surface area contributed by atoms with Crippen LogP contribution in [-0.2, 0) is 9.47 Å². The minimum Gasteiger partial charge on any atom is -0.444 e. The Morgan fingerprint density at radius 2 is 1.72 bits per heavy atom. The highest BCUT2D eigenvalue weighted by Gasteiger charge is 2.54. The van der Waals surface area contributed by atoms with Crippen molar-refractivity contribution in [2.75, 3.05) is 20.2 Å². The van der Waals surface area contributed by atoms with E-state index in [0.29, 0.717) is 11.5 Å². The van der Waals surface area contributed by atoms with Gasteiger partial charge < -0.3 is 14.4 Å². The maximum atomic E-state index is 11.7. The Morgan fingerprint density at radius 3 is 2.11 bits per heavy atom. The predicted molar refractivity (Wildman–Crippen MR) is 71.6 cm³/mol. The van der Waals surface area contributed by atoms with Crippen molar-refractivity contribution in [1.29, 1.82) is 0 Å². The molecule has 4 heteroatoms. The van der Waals surface area contributed by atoms with Crippen molar-refractivity contribution < 1.29 is 14.3 Å². The summed E-state index contributed by atoms with van der Waals surface area (Å²) in [5.74, 6) is 0. The smallest absolute Gasteiger partial charge is 0.410 e. The molecule has 1 saturated heterocycles. The minimum atomic E-state index is -0.394. The maximum absolute atomic E-state index is 11.7. The molecule has 1 spiro atoms. The number of rotatable bonds is 1. The second-order valence-corrected chi connectivity index (χ2v) is 6.10. The molecule has 0 atom stereocenters. The third kappa shape index (κ3) is 3.37. The third-order valence-electron chi connectivity index (χ3n) is 3.36. The summed E-state index contributed by atoms with van der Waals surface area (Å²) >= 11 is 0. The lowest BCUT2D eigenvalue weighted by atomic mass is 9.62. The van der Waals surface area contributed by atoms with Gasteiger partial charge in [-0.3, -0.25) is 0 Å². The lowest BCUT2D eigenvalue weighted by Gasteiger charge is -2.58. The van der Waals surface area contributed by atoms with Crippen LogP contribution >= 0.6 is 0 Å². The fourth-order valence-corrected chi connectivity index (χ4v) is 2.55. The molecule has 2 fully saturated rings. The Labute approximate surface area is 111 Å². The van der Waals surface area contributed by atoms with Crippen molar-refractivity contribution in [3.05, 3.63) is 0 Å². The van der Waals surface area contributed by atoms with Gasteiger partial charge in [-0.2, -0.15) is 0 Å². The van der Waals surface area contributed by atoms with E-state index in [9.17, 15) is 4.79 Å². The van der Waals surface area contributed by atoms with Gasteiger partial charge in [0.25, 0.3) is 0 Å². The molecule has 0 unspecified atom stereocenters. The van der Waals surface area contributed by atoms with Crippen molar-refractivity contribution >= 4 is 6.09 Å². The van der Waals surface area contributed by atoms with Crippen LogP contribution in [0.5, 0.6) is 0 Å². The molecule has 2 rings (SSSR count). The van der Waals surface area contributed by atoms with E-state index in [0.717, 1.165) is 25.9 Å². The standard InChI is InChI=1S/C12H21NO3.C2H6/c1-11(2,3)16-10(14)13-7-12(8-13)5-9(6-12)15-4;1-2/h9H,5-8H2,1-4H3;1-2H3. The van der Waals surface area contributed by atoms with Crippen molar-refractivity contribution in [2.24, 2.45) is 5.41 Å². The Bertz CT molecular complexity index is 282. The van der Waals surface area contributed by atoms with E-state index in [1.165, 1.54) is 0 Å². The topological polar surface area (TPSA) is 38.8 Å². The van der Waals surface area contributed by atoms with Gasteiger partial charge in [-0.05, 0) is 33.6 Å². The van der Waals surface area contributed by atoms with E-state index < -0.39 is 5.60 Å². The van der Waals surface area contributed by atoms with E-state index >= 15 is 0 Å². The number of hydrogen-bond donors (Lipinski definition) is 0. The Morgan fingerprint density at radius 1 is 1.22 bits per heavy atom. The lowest BCUT2D eigenvalue weighted by Crippen LogP contribution is -2.65. The van der Waals surface area contributed by atoms with Gasteiger partial charge in [-0.25, -0.2) is 4.79 Å². The van der Waals surface area contributed by atoms with Crippen LogP contribution in [0.1, 0.15) is 47.5 Å². The number of amides is 1. The summed E-state index contributed by atoms with van der Waals surface area (Å²) in [5, 5.41) is 0. The molecule has 1 aliphatic carbocycles. The van der Waals surface area contributed by atoms with Crippen LogP contribution in [0.25, 0.3) is 0 Å². The summed E-state index contributed by atoms with van der Waals surface area (Å²) in [6.07, 6.45) is 2.39. The van der Waals surface area contributed by atoms with Gasteiger partial charge in [0.1, 0.15) is 5.60 Å². The minimum absolute atomic E-state index is 0.181. The van der Waals surface area contributed by atoms with Crippen LogP contribution in [0.15, 0.2) is 0 Å². The van der Waals surface area contributed by atoms with Crippen LogP contribution < -0.4 is 0 Å². The number of carbonyl (C=O) groups excluding carboxylic acids is 1. The average molecular weight is 257 g/mol. The molecule has 18 heavy (non-hydrogen) atoms. The predicted octanol–water partition coefficient (Wildman–Crippen LogP) is 3.06. The number of likely N-dealkylation sites (tertiary alicyclic amines) is 1. The zero-order valence-corrected chi connectivity index (χ0v) is 12.6. The average Bonchev–Trinajstić information content (AvgIpc) is 2.14. The first-order valence-electron chi connectivity index (χ1n) is 6.84. The first-order valence-corrected chi connectivity index (χ1v) is 6.84. The van der Waals surface area contributed by atoms with Crippen molar-refractivity contribution in [3.63, 3.8) is 0 Å². The molecule has 1 saturated carbocycles. The highest BCUT2D eigenvalue weighted by Crippen LogP contribution is 2.49. The molecule has 1 aliphatic heterocycles. The molecular formula is C14H27NO3. The zero-order valence-electron chi connectivity index (χ0n) is 12.6. The summed E-state index contributed by atoms with van der Waals surface area (Å²) < 4.78 is 10.6. The van der Waals surface area contributed by atoms with Crippen LogP contribution in [0.2, 0.25) is 0 Å². The molecule has 0 radical (unpaired) electrons. The zero-order chi connectivity index (χ0) is 14.0. The quantitative estimate of drug-likeness (QED) is 0.724. The van der Waals surface area contributed by atoms with Gasteiger partial charge in [0.05, 0.1) is 6.10 Å². The third-order valence-corrected chi connectivity index (χ3v) is 3.36. The van der Waals surface area contributed by atoms with Crippen LogP contribution in [0.4, 0.5) is 4.79 Å². The molecular weight excluding hydrogens is 230 g/mol. The van der Waals surface area contributed by atoms with Gasteiger partial charge in [0.15, 0.2) is 0 Å². The number of ether oxygens (including phenoxy) is 2. The van der Waals surface area contributed by atoms with Gasteiger partial charge in [-0.15, -0.1) is 0 Å². The van der Waals surface area contributed by atoms with Crippen molar-refractivity contribution in [3.8, 4) is 0 Å². The maximum Gasteiger partial charge on any atom is 0.410 e. The summed E-state index contributed by atoms with van der Waals surface area (Å²) in [6.45, 7) is 11.4. The summed E-state index contributed by atoms with van der Waals surface area (Å²) in [6, 6.07) is 0. The second-order valence-electron chi connectivity index (χ2n) is 6.10. The first kappa shape index (κ1) is 15.3. The molecule has 2 aliphatic rings. The van der Waals surface area contributed by atoms with E-state index in [1.807, 2.05) is 34.6 Å². The molecule has 0 N–H and O–H groups in total. The largest absolute Gasteiger partial charge is 0.444 e. The van der Waals surface area contributed by atoms with Gasteiger partial charge in [-0.1, -0.05) is 13.8 Å². The number of methoxy groups -OCH3 is 1. The Kier molecular flexibility index (Phi) is 4.65. The van der Waals surface area contributed by atoms with E-state index in [4.69, 9.17) is 9.47 Å². The van der Waals surface area contributed by atoms with Crippen molar-refractivity contribution in [1.82, 2.24) is 4.90 Å². The van der Waals surface area contributed by atoms with E-state index in [2.05, 4.69) is 0 Å². The van der Waals surface area contributed by atoms with Crippen LogP contribution in [-0.4, -0.2) is 42.9 Å². The van der Waals surface area contributed by atoms with Crippen LogP contribution in [0, 0.1) is 5.41 Å². The molecule has 0 aromatic carbocycles. The van der Waals surface area contributed by atoms with E-state index in [-0.39, 0.29) is 6.09 Å². The Balaban J connectivity index is 0.000000771. The highest BCUT2D eigenvalue weighted by atomic mass is 16.6. The number of hydrogen-bond acceptors (Lipinski definition) is 3. The summed E-state index contributed by atoms with van der Waals surface area (Å²) in [4.78, 5) is 13.5. The first-order chi connectivity index (χ1) is 8.34. The van der Waals surface area contributed by atoms with Crippen molar-refractivity contribution in [2.45, 2.75) is 59.2 Å². The molecule has 0 aromatic rings. The Hall–Kier alpha value is -0.770. The second kappa shape index (κ2) is 5.47. The van der Waals surface area contributed by atoms with Gasteiger partial charge in [0.2, 0.25) is 0 Å². The number of carbonyl (C=O) groups is 1. The number of nitrogens with zero attached hydrogens (tertiary/aromatic N) is 1.